The van der Waals surface area contributed by atoms with Crippen LogP contribution in [0.1, 0.15) is 0 Å². The second-order valence-electron chi connectivity index (χ2n) is 17.3. The van der Waals surface area contributed by atoms with E-state index in [-0.39, 0.29) is 5.43 Å². The Morgan fingerprint density at radius 1 is 0.265 bits per heavy atom. The molecular weight excluding hydrogens is 835 g/mol. The zero-order valence-electron chi connectivity index (χ0n) is 36.6. The molecular formula is C61H39N5O2. The van der Waals surface area contributed by atoms with E-state index < -0.39 is 0 Å². The van der Waals surface area contributed by atoms with Crippen LogP contribution in [0.15, 0.2) is 246 Å². The highest BCUT2D eigenvalue weighted by atomic mass is 16.3. The summed E-state index contributed by atoms with van der Waals surface area (Å²) in [6, 6.07) is 82.8. The van der Waals surface area contributed by atoms with Crippen molar-refractivity contribution >= 4 is 112 Å². The van der Waals surface area contributed by atoms with Gasteiger partial charge in [-0.2, -0.15) is 0 Å². The van der Waals surface area contributed by atoms with Crippen molar-refractivity contribution in [2.75, 3.05) is 19.6 Å². The van der Waals surface area contributed by atoms with E-state index in [2.05, 4.69) is 218 Å². The lowest BCUT2D eigenvalue weighted by Gasteiger charge is -2.40. The molecule has 14 rings (SSSR count). The fraction of sp³-hybridized carbons (Fsp3) is 0. The Morgan fingerprint density at radius 3 is 1.06 bits per heavy atom. The summed E-state index contributed by atoms with van der Waals surface area (Å²) in [6.45, 7) is 0. The van der Waals surface area contributed by atoms with Gasteiger partial charge in [0.1, 0.15) is 11.2 Å². The first-order valence-corrected chi connectivity index (χ1v) is 22.9. The van der Waals surface area contributed by atoms with Crippen LogP contribution in [0.4, 0.5) is 68.2 Å². The normalized spacial score (nSPS) is 12.9. The molecule has 0 bridgehead atoms. The van der Waals surface area contributed by atoms with Crippen molar-refractivity contribution in [1.82, 2.24) is 4.57 Å². The van der Waals surface area contributed by atoms with Gasteiger partial charge in [0.25, 0.3) is 0 Å². The summed E-state index contributed by atoms with van der Waals surface area (Å²) < 4.78 is 8.77. The fourth-order valence-corrected chi connectivity index (χ4v) is 10.6. The van der Waals surface area contributed by atoms with Gasteiger partial charge in [-0.3, -0.25) is 4.79 Å². The number of para-hydroxylation sites is 11. The second kappa shape index (κ2) is 14.9. The van der Waals surface area contributed by atoms with E-state index >= 15 is 0 Å². The quantitative estimate of drug-likeness (QED) is 0.161. The number of anilines is 12. The number of benzene rings is 10. The van der Waals surface area contributed by atoms with Crippen molar-refractivity contribution in [2.24, 2.45) is 0 Å². The molecule has 7 nitrogen and oxygen atoms in total. The van der Waals surface area contributed by atoms with Crippen molar-refractivity contribution < 1.29 is 4.42 Å². The third-order valence-electron chi connectivity index (χ3n) is 13.6. The van der Waals surface area contributed by atoms with Crippen molar-refractivity contribution in [3.8, 4) is 5.69 Å². The first-order valence-electron chi connectivity index (χ1n) is 22.9. The zero-order valence-corrected chi connectivity index (χ0v) is 36.6. The molecule has 10 aromatic carbocycles. The highest BCUT2D eigenvalue weighted by Gasteiger charge is 2.33. The van der Waals surface area contributed by atoms with Gasteiger partial charge in [0, 0.05) is 45.3 Å². The number of hydrogen-bond acceptors (Lipinski definition) is 6. The largest absolute Gasteiger partial charge is 0.456 e. The summed E-state index contributed by atoms with van der Waals surface area (Å²) in [4.78, 5) is 23.2. The third-order valence-corrected chi connectivity index (χ3v) is 13.6. The Balaban J connectivity index is 1.01. The molecule has 12 aromatic rings. The van der Waals surface area contributed by atoms with E-state index in [0.29, 0.717) is 21.9 Å². The van der Waals surface area contributed by atoms with Gasteiger partial charge in [0.2, 0.25) is 5.43 Å². The van der Waals surface area contributed by atoms with E-state index in [1.807, 2.05) is 42.5 Å². The Bertz CT molecular complexity index is 3760. The number of nitrogens with zero attached hydrogens (tertiary/aromatic N) is 5. The monoisotopic (exact) mass is 873 g/mol. The van der Waals surface area contributed by atoms with Gasteiger partial charge < -0.3 is 28.6 Å². The number of hydrogen-bond donors (Lipinski definition) is 0. The summed E-state index contributed by atoms with van der Waals surface area (Å²) in [5.74, 6) is 0. The lowest BCUT2D eigenvalue weighted by molar-refractivity contribution is 0.659. The van der Waals surface area contributed by atoms with Crippen LogP contribution in [0.5, 0.6) is 0 Å². The highest BCUT2D eigenvalue weighted by Crippen LogP contribution is 2.56. The molecule has 0 fully saturated rings. The maximum atomic E-state index is 13.8. The van der Waals surface area contributed by atoms with Gasteiger partial charge in [0.05, 0.1) is 67.3 Å². The summed E-state index contributed by atoms with van der Waals surface area (Å²) in [7, 11) is 0. The minimum Gasteiger partial charge on any atom is -0.456 e. The third kappa shape index (κ3) is 5.63. The molecule has 2 aromatic heterocycles. The predicted octanol–water partition coefficient (Wildman–Crippen LogP) is 16.5. The number of aromatic nitrogens is 1. The van der Waals surface area contributed by atoms with Crippen LogP contribution in [0.2, 0.25) is 0 Å². The summed E-state index contributed by atoms with van der Waals surface area (Å²) in [5.41, 5.74) is 17.0. The molecule has 0 saturated heterocycles. The summed E-state index contributed by atoms with van der Waals surface area (Å²) in [6.07, 6.45) is 0. The molecule has 0 amide bonds. The molecule has 0 atom stereocenters. The molecule has 0 radical (unpaired) electrons. The average Bonchev–Trinajstić information content (AvgIpc) is 3.72. The molecule has 0 saturated carbocycles. The molecule has 0 aliphatic carbocycles. The van der Waals surface area contributed by atoms with E-state index in [0.717, 1.165) is 95.7 Å². The number of fused-ring (bicyclic) bond motifs is 9. The minimum absolute atomic E-state index is 0.0363. The van der Waals surface area contributed by atoms with Gasteiger partial charge in [-0.05, 0) is 133 Å². The minimum atomic E-state index is -0.0363. The van der Waals surface area contributed by atoms with Crippen molar-refractivity contribution in [3.63, 3.8) is 0 Å². The molecule has 7 heteroatoms. The Kier molecular flexibility index (Phi) is 8.30. The SMILES string of the molecule is O=c1c2ccccc2oc2cc(-n3c4ccc(N5c6ccccc6N(c6ccccc6)c6ccccc65)cc4c4cc(N5c6ccccc6N(c6ccccc6)c6ccccc65)ccc43)ccc12. The van der Waals surface area contributed by atoms with Gasteiger partial charge in [-0.1, -0.05) is 97.1 Å². The molecule has 0 spiro atoms. The average molecular weight is 874 g/mol. The Labute approximate surface area is 391 Å². The summed E-state index contributed by atoms with van der Waals surface area (Å²) >= 11 is 0. The molecule has 0 unspecified atom stereocenters. The highest BCUT2D eigenvalue weighted by molar-refractivity contribution is 6.14. The smallest absolute Gasteiger partial charge is 0.200 e. The van der Waals surface area contributed by atoms with Gasteiger partial charge >= 0.3 is 0 Å². The standard InChI is InChI=1S/C61H39N5O2/c67-61-45-21-7-16-30-59(45)68-60-39-44(31-34-46(60)61)64-49-35-32-42(65-55-26-12-8-22-51(55)62(40-17-3-1-4-18-40)52-23-9-13-27-56(52)65)37-47(49)48-38-43(33-36-50(48)64)66-57-28-14-10-24-53(57)63(41-19-5-2-6-20-41)54-25-11-15-29-58(54)66/h1-39H. The Morgan fingerprint density at radius 2 is 0.618 bits per heavy atom. The number of rotatable bonds is 5. The predicted molar refractivity (Wildman–Crippen MR) is 280 cm³/mol. The zero-order chi connectivity index (χ0) is 44.9. The fourth-order valence-electron chi connectivity index (χ4n) is 10.6. The topological polar surface area (TPSA) is 48.1 Å². The summed E-state index contributed by atoms with van der Waals surface area (Å²) in [5, 5.41) is 3.30. The maximum absolute atomic E-state index is 13.8. The molecule has 2 aliphatic heterocycles. The van der Waals surface area contributed by atoms with Crippen molar-refractivity contribution in [2.45, 2.75) is 0 Å². The van der Waals surface area contributed by atoms with E-state index in [1.165, 1.54) is 0 Å². The van der Waals surface area contributed by atoms with Crippen LogP contribution < -0.4 is 25.0 Å². The van der Waals surface area contributed by atoms with E-state index in [1.54, 1.807) is 0 Å². The van der Waals surface area contributed by atoms with Gasteiger partial charge in [-0.25, -0.2) is 0 Å². The molecule has 2 aliphatic rings. The Hall–Kier alpha value is -9.33. The van der Waals surface area contributed by atoms with Gasteiger partial charge in [0.15, 0.2) is 0 Å². The van der Waals surface area contributed by atoms with Crippen LogP contribution in [0.25, 0.3) is 49.4 Å². The molecule has 0 N–H and O–H groups in total. The van der Waals surface area contributed by atoms with Crippen LogP contribution in [0.3, 0.4) is 0 Å². The van der Waals surface area contributed by atoms with E-state index in [9.17, 15) is 4.79 Å². The first kappa shape index (κ1) is 38.0. The van der Waals surface area contributed by atoms with Crippen molar-refractivity contribution in [3.05, 3.63) is 247 Å². The first-order chi connectivity index (χ1) is 33.7. The van der Waals surface area contributed by atoms with Crippen LogP contribution in [-0.2, 0) is 0 Å². The van der Waals surface area contributed by atoms with Crippen molar-refractivity contribution in [1.29, 1.82) is 0 Å². The molecule has 4 heterocycles. The van der Waals surface area contributed by atoms with Crippen LogP contribution >= 0.6 is 0 Å². The van der Waals surface area contributed by atoms with Gasteiger partial charge in [-0.15, -0.1) is 0 Å². The van der Waals surface area contributed by atoms with Crippen LogP contribution in [-0.4, -0.2) is 4.57 Å². The maximum Gasteiger partial charge on any atom is 0.200 e. The van der Waals surface area contributed by atoms with Crippen LogP contribution in [0, 0.1) is 0 Å². The molecule has 320 valence electrons. The lowest BCUT2D eigenvalue weighted by atomic mass is 10.0. The second-order valence-corrected chi connectivity index (χ2v) is 17.3. The molecule has 68 heavy (non-hydrogen) atoms. The lowest BCUT2D eigenvalue weighted by Crippen LogP contribution is -2.23. The van der Waals surface area contributed by atoms with E-state index in [4.69, 9.17) is 4.42 Å².